The molecule has 0 bridgehead atoms. The highest BCUT2D eigenvalue weighted by atomic mass is 35.7. The van der Waals surface area contributed by atoms with E-state index in [1.54, 1.807) is 11.9 Å². The minimum atomic E-state index is -3.74. The maximum Gasteiger partial charge on any atom is 0.270 e. The first-order chi connectivity index (χ1) is 8.38. The Morgan fingerprint density at radius 3 is 2.67 bits per heavy atom. The second-order valence-corrected chi connectivity index (χ2v) is 8.28. The van der Waals surface area contributed by atoms with Gasteiger partial charge < -0.3 is 4.90 Å². The highest BCUT2D eigenvalue weighted by Crippen LogP contribution is 2.28. The molecule has 1 heterocycles. The van der Waals surface area contributed by atoms with Gasteiger partial charge in [-0.25, -0.2) is 8.42 Å². The number of hydrogen-bond donors (Lipinski definition) is 0. The number of thiophene rings is 1. The molecule has 4 nitrogen and oxygen atoms in total. The van der Waals surface area contributed by atoms with E-state index >= 15 is 0 Å². The van der Waals surface area contributed by atoms with Crippen molar-refractivity contribution in [2.75, 3.05) is 13.6 Å². The summed E-state index contributed by atoms with van der Waals surface area (Å²) in [7, 11) is 3.24. The third-order valence-corrected chi connectivity index (χ3v) is 6.21. The van der Waals surface area contributed by atoms with Crippen LogP contribution < -0.4 is 0 Å². The van der Waals surface area contributed by atoms with Crippen LogP contribution in [0.2, 0.25) is 0 Å². The van der Waals surface area contributed by atoms with E-state index < -0.39 is 9.05 Å². The topological polar surface area (TPSA) is 54.5 Å². The first kappa shape index (κ1) is 13.8. The smallest absolute Gasteiger partial charge is 0.270 e. The predicted octanol–water partition coefficient (Wildman–Crippen LogP) is 2.55. The highest BCUT2D eigenvalue weighted by molar-refractivity contribution is 8.15. The third-order valence-electron chi connectivity index (χ3n) is 3.17. The number of nitrogens with zero attached hydrogens (tertiary/aromatic N) is 1. The minimum absolute atomic E-state index is 0.0181. The Morgan fingerprint density at radius 1 is 1.56 bits per heavy atom. The lowest BCUT2D eigenvalue weighted by molar-refractivity contribution is 0.0745. The van der Waals surface area contributed by atoms with Crippen molar-refractivity contribution in [3.05, 3.63) is 17.0 Å². The number of amides is 1. The average Bonchev–Trinajstić information content (AvgIpc) is 2.70. The van der Waals surface area contributed by atoms with Gasteiger partial charge in [-0.2, -0.15) is 0 Å². The molecule has 0 spiro atoms. The number of carbonyl (C=O) groups is 1. The summed E-state index contributed by atoms with van der Waals surface area (Å²) in [6, 6.07) is 1.34. The summed E-state index contributed by atoms with van der Waals surface area (Å²) in [5, 5.41) is 1.54. The standard InChI is InChI=1S/C11H14ClNO3S2/c1-13(6-8-3-2-4-8)11(14)9-5-10(17-7-9)18(12,15)16/h5,7-8H,2-4,6H2,1H3. The van der Waals surface area contributed by atoms with Crippen LogP contribution in [0.25, 0.3) is 0 Å². The molecular weight excluding hydrogens is 294 g/mol. The highest BCUT2D eigenvalue weighted by Gasteiger charge is 2.23. The van der Waals surface area contributed by atoms with E-state index in [-0.39, 0.29) is 10.1 Å². The monoisotopic (exact) mass is 307 g/mol. The van der Waals surface area contributed by atoms with E-state index in [1.165, 1.54) is 30.7 Å². The van der Waals surface area contributed by atoms with Gasteiger partial charge in [0.15, 0.2) is 0 Å². The maximum absolute atomic E-state index is 12.1. The molecule has 0 atom stereocenters. The maximum atomic E-state index is 12.1. The van der Waals surface area contributed by atoms with Gasteiger partial charge >= 0.3 is 0 Å². The Hall–Kier alpha value is -0.590. The lowest BCUT2D eigenvalue weighted by atomic mass is 9.85. The van der Waals surface area contributed by atoms with Gasteiger partial charge in [-0.15, -0.1) is 11.3 Å². The van der Waals surface area contributed by atoms with Crippen LogP contribution in [0.5, 0.6) is 0 Å². The molecule has 1 fully saturated rings. The number of carbonyl (C=O) groups excluding carboxylic acids is 1. The van der Waals surface area contributed by atoms with E-state index in [2.05, 4.69) is 0 Å². The Kier molecular flexibility index (Phi) is 3.99. The minimum Gasteiger partial charge on any atom is -0.341 e. The van der Waals surface area contributed by atoms with Crippen LogP contribution >= 0.6 is 22.0 Å². The fourth-order valence-corrected chi connectivity index (χ4v) is 3.86. The van der Waals surface area contributed by atoms with Crippen molar-refractivity contribution < 1.29 is 13.2 Å². The Balaban J connectivity index is 2.06. The fourth-order valence-electron chi connectivity index (χ4n) is 1.92. The van der Waals surface area contributed by atoms with Crippen molar-refractivity contribution in [1.29, 1.82) is 0 Å². The largest absolute Gasteiger partial charge is 0.341 e. The second kappa shape index (κ2) is 5.19. The van der Waals surface area contributed by atoms with Crippen molar-refractivity contribution in [3.63, 3.8) is 0 Å². The third kappa shape index (κ3) is 3.05. The van der Waals surface area contributed by atoms with Crippen LogP contribution in [0.4, 0.5) is 0 Å². The molecule has 100 valence electrons. The molecule has 1 amide bonds. The molecule has 0 aliphatic heterocycles. The molecular formula is C11H14ClNO3S2. The lowest BCUT2D eigenvalue weighted by Crippen LogP contribution is -2.34. The molecule has 0 unspecified atom stereocenters. The van der Waals surface area contributed by atoms with Crippen LogP contribution in [0.1, 0.15) is 29.6 Å². The van der Waals surface area contributed by atoms with Gasteiger partial charge in [0.05, 0.1) is 5.56 Å². The molecule has 1 aliphatic carbocycles. The molecule has 0 radical (unpaired) electrons. The summed E-state index contributed by atoms with van der Waals surface area (Å²) in [5.41, 5.74) is 0.390. The average molecular weight is 308 g/mol. The van der Waals surface area contributed by atoms with Crippen molar-refractivity contribution >= 4 is 37.0 Å². The van der Waals surface area contributed by atoms with Crippen molar-refractivity contribution in [2.45, 2.75) is 23.5 Å². The quantitative estimate of drug-likeness (QED) is 0.803. The van der Waals surface area contributed by atoms with Gasteiger partial charge in [-0.1, -0.05) is 6.42 Å². The number of hydrogen-bond acceptors (Lipinski definition) is 4. The molecule has 1 aromatic rings. The first-order valence-corrected chi connectivity index (χ1v) is 8.85. The first-order valence-electron chi connectivity index (χ1n) is 5.66. The van der Waals surface area contributed by atoms with E-state index in [1.807, 2.05) is 0 Å². The summed E-state index contributed by atoms with van der Waals surface area (Å²) in [4.78, 5) is 13.7. The van der Waals surface area contributed by atoms with Gasteiger partial charge in [0, 0.05) is 29.7 Å². The Labute approximate surface area is 115 Å². The molecule has 2 rings (SSSR count). The Bertz CT molecular complexity index is 548. The zero-order valence-corrected chi connectivity index (χ0v) is 12.3. The lowest BCUT2D eigenvalue weighted by Gasteiger charge is -2.30. The summed E-state index contributed by atoms with van der Waals surface area (Å²) >= 11 is 0.973. The van der Waals surface area contributed by atoms with Gasteiger partial charge in [-0.3, -0.25) is 4.79 Å². The van der Waals surface area contributed by atoms with Crippen LogP contribution in [0.15, 0.2) is 15.7 Å². The van der Waals surface area contributed by atoms with E-state index in [0.29, 0.717) is 11.5 Å². The van der Waals surface area contributed by atoms with Crippen molar-refractivity contribution in [2.24, 2.45) is 5.92 Å². The van der Waals surface area contributed by atoms with Crippen molar-refractivity contribution in [1.82, 2.24) is 4.90 Å². The molecule has 7 heteroatoms. The van der Waals surface area contributed by atoms with Gasteiger partial charge in [0.2, 0.25) is 0 Å². The second-order valence-electron chi connectivity index (χ2n) is 4.57. The van der Waals surface area contributed by atoms with E-state index in [9.17, 15) is 13.2 Å². The predicted molar refractivity (Wildman–Crippen MR) is 71.7 cm³/mol. The van der Waals surface area contributed by atoms with Gasteiger partial charge in [-0.05, 0) is 24.8 Å². The normalized spacial score (nSPS) is 16.3. The van der Waals surface area contributed by atoms with Gasteiger partial charge in [0.25, 0.3) is 15.0 Å². The summed E-state index contributed by atoms with van der Waals surface area (Å²) in [6.07, 6.45) is 3.57. The SMILES string of the molecule is CN(CC1CCC1)C(=O)c1csc(S(=O)(=O)Cl)c1. The number of rotatable bonds is 4. The molecule has 18 heavy (non-hydrogen) atoms. The van der Waals surface area contributed by atoms with Crippen molar-refractivity contribution in [3.8, 4) is 0 Å². The van der Waals surface area contributed by atoms with E-state index in [0.717, 1.165) is 17.9 Å². The Morgan fingerprint density at radius 2 is 2.22 bits per heavy atom. The number of halogens is 1. The summed E-state index contributed by atoms with van der Waals surface area (Å²) in [5.74, 6) is 0.443. The summed E-state index contributed by atoms with van der Waals surface area (Å²) < 4.78 is 22.3. The zero-order chi connectivity index (χ0) is 13.3. The van der Waals surface area contributed by atoms with Crippen LogP contribution in [-0.2, 0) is 9.05 Å². The molecule has 1 aromatic heterocycles. The van der Waals surface area contributed by atoms with Gasteiger partial charge in [0.1, 0.15) is 4.21 Å². The molecule has 0 N–H and O–H groups in total. The molecule has 1 aliphatic rings. The molecule has 1 saturated carbocycles. The zero-order valence-electron chi connectivity index (χ0n) is 9.93. The van der Waals surface area contributed by atoms with E-state index in [4.69, 9.17) is 10.7 Å². The summed E-state index contributed by atoms with van der Waals surface area (Å²) in [6.45, 7) is 0.734. The van der Waals surface area contributed by atoms with Crippen LogP contribution in [-0.4, -0.2) is 32.8 Å². The fraction of sp³-hybridized carbons (Fsp3) is 0.545. The van der Waals surface area contributed by atoms with Crippen LogP contribution in [0, 0.1) is 5.92 Å². The molecule has 0 saturated heterocycles. The molecule has 0 aromatic carbocycles. The van der Waals surface area contributed by atoms with Crippen LogP contribution in [0.3, 0.4) is 0 Å².